The maximum Gasteiger partial charge on any atom is 0.170 e. The zero-order chi connectivity index (χ0) is 22.9. The van der Waals surface area contributed by atoms with Crippen molar-refractivity contribution < 1.29 is 0 Å². The molecule has 5 heterocycles. The Labute approximate surface area is 199 Å². The quantitative estimate of drug-likeness (QED) is 0.439. The lowest BCUT2D eigenvalue weighted by Gasteiger charge is -2.28. The van der Waals surface area contributed by atoms with Crippen molar-refractivity contribution in [2.45, 2.75) is 39.4 Å². The molecule has 0 saturated carbocycles. The minimum atomic E-state index is -0.0604. The standard InChI is InChI=1S/C26H26N6S/c1-17-9-12-29-23(13-17)32-18(2)14-21(19(32)3)25-24(22-8-4-5-11-28-22)30-26(33)31(25)16-20-7-6-10-27-15-20/h4-15,24-25H,16H2,1-3H3,(H,30,33). The second-order valence-electron chi connectivity index (χ2n) is 8.47. The van der Waals surface area contributed by atoms with Crippen LogP contribution in [-0.4, -0.2) is 29.5 Å². The van der Waals surface area contributed by atoms with E-state index in [2.05, 4.69) is 74.8 Å². The van der Waals surface area contributed by atoms with Gasteiger partial charge in [-0.25, -0.2) is 4.98 Å². The minimum absolute atomic E-state index is 0.0163. The predicted octanol–water partition coefficient (Wildman–Crippen LogP) is 4.76. The minimum Gasteiger partial charge on any atom is -0.352 e. The Morgan fingerprint density at radius 2 is 1.85 bits per heavy atom. The molecule has 33 heavy (non-hydrogen) atoms. The molecule has 5 rings (SSSR count). The van der Waals surface area contributed by atoms with Crippen LogP contribution in [0.4, 0.5) is 0 Å². The number of aromatic nitrogens is 4. The van der Waals surface area contributed by atoms with Crippen molar-refractivity contribution in [1.82, 2.24) is 29.7 Å². The molecular formula is C26H26N6S. The highest BCUT2D eigenvalue weighted by atomic mass is 32.1. The summed E-state index contributed by atoms with van der Waals surface area (Å²) in [7, 11) is 0. The van der Waals surface area contributed by atoms with E-state index in [0.29, 0.717) is 6.54 Å². The molecule has 1 N–H and O–H groups in total. The van der Waals surface area contributed by atoms with Crippen molar-refractivity contribution in [3.63, 3.8) is 0 Å². The van der Waals surface area contributed by atoms with Crippen LogP contribution in [0, 0.1) is 20.8 Å². The lowest BCUT2D eigenvalue weighted by Crippen LogP contribution is -2.29. The van der Waals surface area contributed by atoms with E-state index in [9.17, 15) is 0 Å². The van der Waals surface area contributed by atoms with Crippen LogP contribution in [0.3, 0.4) is 0 Å². The smallest absolute Gasteiger partial charge is 0.170 e. The number of thiocarbonyl (C=S) groups is 1. The highest BCUT2D eigenvalue weighted by molar-refractivity contribution is 7.80. The molecule has 4 aromatic heterocycles. The summed E-state index contributed by atoms with van der Waals surface area (Å²) in [6.07, 6.45) is 7.39. The molecule has 0 radical (unpaired) electrons. The van der Waals surface area contributed by atoms with Gasteiger partial charge < -0.3 is 14.8 Å². The summed E-state index contributed by atoms with van der Waals surface area (Å²) in [6.45, 7) is 7.04. The van der Waals surface area contributed by atoms with E-state index in [4.69, 9.17) is 12.2 Å². The third-order valence-electron chi connectivity index (χ3n) is 6.19. The van der Waals surface area contributed by atoms with Crippen molar-refractivity contribution in [1.29, 1.82) is 0 Å². The van der Waals surface area contributed by atoms with E-state index in [1.165, 1.54) is 11.1 Å². The van der Waals surface area contributed by atoms with Crippen LogP contribution in [0.2, 0.25) is 0 Å². The molecule has 0 amide bonds. The molecule has 1 aliphatic rings. The van der Waals surface area contributed by atoms with Crippen molar-refractivity contribution in [2.24, 2.45) is 0 Å². The van der Waals surface area contributed by atoms with Crippen molar-refractivity contribution in [2.75, 3.05) is 0 Å². The largest absolute Gasteiger partial charge is 0.352 e. The first-order valence-electron chi connectivity index (χ1n) is 11.0. The number of nitrogens with one attached hydrogen (secondary N) is 1. The Kier molecular flexibility index (Phi) is 5.64. The van der Waals surface area contributed by atoms with Gasteiger partial charge in [-0.2, -0.15) is 0 Å². The molecule has 1 fully saturated rings. The molecular weight excluding hydrogens is 428 g/mol. The summed E-state index contributed by atoms with van der Waals surface area (Å²) in [5.41, 5.74) is 6.77. The first-order valence-corrected chi connectivity index (χ1v) is 11.4. The lowest BCUT2D eigenvalue weighted by atomic mass is 9.96. The van der Waals surface area contributed by atoms with E-state index in [0.717, 1.165) is 33.6 Å². The highest BCUT2D eigenvalue weighted by Gasteiger charge is 2.41. The Morgan fingerprint density at radius 1 is 0.970 bits per heavy atom. The molecule has 7 heteroatoms. The van der Waals surface area contributed by atoms with E-state index in [1.54, 1.807) is 6.20 Å². The first-order chi connectivity index (χ1) is 16.0. The van der Waals surface area contributed by atoms with Gasteiger partial charge in [0.2, 0.25) is 0 Å². The predicted molar refractivity (Wildman–Crippen MR) is 133 cm³/mol. The van der Waals surface area contributed by atoms with Gasteiger partial charge in [-0.15, -0.1) is 0 Å². The molecule has 0 bridgehead atoms. The van der Waals surface area contributed by atoms with E-state index in [1.807, 2.05) is 42.9 Å². The van der Waals surface area contributed by atoms with Gasteiger partial charge >= 0.3 is 0 Å². The van der Waals surface area contributed by atoms with Crippen molar-refractivity contribution >= 4 is 17.3 Å². The molecule has 0 aromatic carbocycles. The van der Waals surface area contributed by atoms with Crippen LogP contribution in [0.5, 0.6) is 0 Å². The van der Waals surface area contributed by atoms with Crippen LogP contribution in [0.15, 0.2) is 73.3 Å². The molecule has 4 aromatic rings. The van der Waals surface area contributed by atoms with Gasteiger partial charge in [0.1, 0.15) is 5.82 Å². The van der Waals surface area contributed by atoms with Crippen LogP contribution < -0.4 is 5.32 Å². The van der Waals surface area contributed by atoms with E-state index in [-0.39, 0.29) is 12.1 Å². The van der Waals surface area contributed by atoms with E-state index < -0.39 is 0 Å². The fourth-order valence-corrected chi connectivity index (χ4v) is 4.99. The van der Waals surface area contributed by atoms with Crippen LogP contribution in [0.1, 0.15) is 45.9 Å². The molecule has 6 nitrogen and oxygen atoms in total. The average molecular weight is 455 g/mol. The topological polar surface area (TPSA) is 58.9 Å². The SMILES string of the molecule is Cc1ccnc(-n2c(C)cc(C3C(c4ccccn4)NC(=S)N3Cc3cccnc3)c2C)c1. The van der Waals surface area contributed by atoms with Crippen molar-refractivity contribution in [3.8, 4) is 5.82 Å². The van der Waals surface area contributed by atoms with Crippen LogP contribution >= 0.6 is 12.2 Å². The van der Waals surface area contributed by atoms with Gasteiger partial charge in [0, 0.05) is 42.7 Å². The summed E-state index contributed by atoms with van der Waals surface area (Å²) >= 11 is 5.83. The van der Waals surface area contributed by atoms with Gasteiger partial charge in [0.05, 0.1) is 17.8 Å². The fraction of sp³-hybridized carbons (Fsp3) is 0.231. The highest BCUT2D eigenvalue weighted by Crippen LogP contribution is 2.42. The Hall–Kier alpha value is -3.58. The molecule has 2 atom stereocenters. The third kappa shape index (κ3) is 4.00. The number of hydrogen-bond donors (Lipinski definition) is 1. The average Bonchev–Trinajstić information content (AvgIpc) is 3.30. The molecule has 2 unspecified atom stereocenters. The number of rotatable bonds is 5. The zero-order valence-corrected chi connectivity index (χ0v) is 19.8. The lowest BCUT2D eigenvalue weighted by molar-refractivity contribution is 0.310. The maximum atomic E-state index is 5.83. The fourth-order valence-electron chi connectivity index (χ4n) is 4.68. The number of aryl methyl sites for hydroxylation is 2. The maximum absolute atomic E-state index is 5.83. The van der Waals surface area contributed by atoms with E-state index >= 15 is 0 Å². The second-order valence-corrected chi connectivity index (χ2v) is 8.86. The summed E-state index contributed by atoms with van der Waals surface area (Å²) in [6, 6.07) is 16.4. The number of nitrogens with zero attached hydrogens (tertiary/aromatic N) is 5. The number of hydrogen-bond acceptors (Lipinski definition) is 4. The Morgan fingerprint density at radius 3 is 2.58 bits per heavy atom. The Balaban J connectivity index is 1.62. The Bertz CT molecular complexity index is 1280. The molecule has 0 aliphatic carbocycles. The van der Waals surface area contributed by atoms with Crippen LogP contribution in [-0.2, 0) is 6.54 Å². The molecule has 1 saturated heterocycles. The third-order valence-corrected chi connectivity index (χ3v) is 6.54. The summed E-state index contributed by atoms with van der Waals surface area (Å²) in [5, 5.41) is 4.26. The molecule has 1 aliphatic heterocycles. The summed E-state index contributed by atoms with van der Waals surface area (Å²) in [4.78, 5) is 15.8. The van der Waals surface area contributed by atoms with Crippen LogP contribution in [0.25, 0.3) is 5.82 Å². The van der Waals surface area contributed by atoms with Gasteiger partial charge in [-0.1, -0.05) is 12.1 Å². The normalized spacial score (nSPS) is 17.9. The van der Waals surface area contributed by atoms with Gasteiger partial charge in [-0.3, -0.25) is 9.97 Å². The second kappa shape index (κ2) is 8.75. The van der Waals surface area contributed by atoms with Gasteiger partial charge in [0.25, 0.3) is 0 Å². The molecule has 0 spiro atoms. The van der Waals surface area contributed by atoms with Gasteiger partial charge in [-0.05, 0) is 86.1 Å². The number of pyridine rings is 3. The monoisotopic (exact) mass is 454 g/mol. The van der Waals surface area contributed by atoms with Gasteiger partial charge in [0.15, 0.2) is 5.11 Å². The van der Waals surface area contributed by atoms with Crippen molar-refractivity contribution in [3.05, 3.63) is 107 Å². The summed E-state index contributed by atoms with van der Waals surface area (Å²) in [5.74, 6) is 0.929. The first kappa shape index (κ1) is 21.3. The summed E-state index contributed by atoms with van der Waals surface area (Å²) < 4.78 is 2.22. The molecule has 166 valence electrons. The zero-order valence-electron chi connectivity index (χ0n) is 18.9.